The molecule has 7 heteroatoms. The molecule has 2 aromatic carbocycles. The van der Waals surface area contributed by atoms with E-state index in [2.05, 4.69) is 26.0 Å². The Morgan fingerprint density at radius 2 is 1.65 bits per heavy atom. The van der Waals surface area contributed by atoms with Crippen LogP contribution in [-0.4, -0.2) is 20.4 Å². The molecule has 1 amide bonds. The lowest BCUT2D eigenvalue weighted by Crippen LogP contribution is -2.41. The Kier molecular flexibility index (Phi) is 6.60. The Morgan fingerprint density at radius 3 is 2.23 bits per heavy atom. The van der Waals surface area contributed by atoms with Gasteiger partial charge in [-0.2, -0.15) is 4.72 Å². The van der Waals surface area contributed by atoms with Crippen molar-refractivity contribution in [2.45, 2.75) is 44.6 Å². The predicted octanol–water partition coefficient (Wildman–Crippen LogP) is 4.19. The van der Waals surface area contributed by atoms with Crippen LogP contribution in [0.5, 0.6) is 0 Å². The topological polar surface area (TPSA) is 75.3 Å². The Morgan fingerprint density at radius 1 is 1.04 bits per heavy atom. The van der Waals surface area contributed by atoms with E-state index in [9.17, 15) is 13.2 Å². The van der Waals surface area contributed by atoms with Crippen molar-refractivity contribution < 1.29 is 13.2 Å². The van der Waals surface area contributed by atoms with E-state index in [-0.39, 0.29) is 10.8 Å². The van der Waals surface area contributed by atoms with Gasteiger partial charge in [0.2, 0.25) is 15.9 Å². The minimum Gasteiger partial charge on any atom is -0.324 e. The SMILES string of the molecule is Cc1cccc(C(C)C)c1NC(=O)[C@@H](C)NS(=O)(=O)c1ccc(Br)cc1. The third-order valence-electron chi connectivity index (χ3n) is 4.02. The van der Waals surface area contributed by atoms with Crippen LogP contribution in [0.4, 0.5) is 5.69 Å². The van der Waals surface area contributed by atoms with Crippen LogP contribution >= 0.6 is 15.9 Å². The molecule has 0 aliphatic heterocycles. The van der Waals surface area contributed by atoms with Gasteiger partial charge in [-0.25, -0.2) is 8.42 Å². The normalized spacial score (nSPS) is 12.8. The van der Waals surface area contributed by atoms with Crippen molar-refractivity contribution in [2.75, 3.05) is 5.32 Å². The molecule has 0 aliphatic rings. The van der Waals surface area contributed by atoms with E-state index in [1.165, 1.54) is 19.1 Å². The van der Waals surface area contributed by atoms with E-state index in [1.807, 2.05) is 39.0 Å². The number of anilines is 1. The van der Waals surface area contributed by atoms with Crippen LogP contribution in [0.1, 0.15) is 37.8 Å². The quantitative estimate of drug-likeness (QED) is 0.709. The molecule has 0 heterocycles. The summed E-state index contributed by atoms with van der Waals surface area (Å²) in [6.45, 7) is 7.53. The molecule has 0 saturated heterocycles. The zero-order valence-electron chi connectivity index (χ0n) is 15.2. The molecule has 26 heavy (non-hydrogen) atoms. The standard InChI is InChI=1S/C19H23BrN2O3S/c1-12(2)17-7-5-6-13(3)18(17)21-19(23)14(4)22-26(24,25)16-10-8-15(20)9-11-16/h5-12,14,22H,1-4H3,(H,21,23)/t14-/m1/s1. The first-order valence-electron chi connectivity index (χ1n) is 8.30. The molecule has 0 spiro atoms. The number of rotatable bonds is 6. The molecular weight excluding hydrogens is 416 g/mol. The fraction of sp³-hybridized carbons (Fsp3) is 0.316. The van der Waals surface area contributed by atoms with Gasteiger partial charge in [-0.1, -0.05) is 48.0 Å². The number of sulfonamides is 1. The van der Waals surface area contributed by atoms with Crippen molar-refractivity contribution in [1.29, 1.82) is 0 Å². The first-order chi connectivity index (χ1) is 12.1. The van der Waals surface area contributed by atoms with E-state index < -0.39 is 22.0 Å². The van der Waals surface area contributed by atoms with Gasteiger partial charge >= 0.3 is 0 Å². The lowest BCUT2D eigenvalue weighted by molar-refractivity contribution is -0.117. The minimum atomic E-state index is -3.78. The first kappa shape index (κ1) is 20.6. The summed E-state index contributed by atoms with van der Waals surface area (Å²) in [5, 5.41) is 2.87. The third kappa shape index (κ3) is 4.93. The lowest BCUT2D eigenvalue weighted by atomic mass is 9.98. The second-order valence-corrected chi connectivity index (χ2v) is 9.11. The average molecular weight is 439 g/mol. The van der Waals surface area contributed by atoms with Crippen LogP contribution in [0.25, 0.3) is 0 Å². The molecule has 0 aromatic heterocycles. The summed E-state index contributed by atoms with van der Waals surface area (Å²) in [7, 11) is -3.78. The third-order valence-corrected chi connectivity index (χ3v) is 6.11. The highest BCUT2D eigenvalue weighted by atomic mass is 79.9. The van der Waals surface area contributed by atoms with Crippen LogP contribution in [0.15, 0.2) is 51.8 Å². The van der Waals surface area contributed by atoms with Crippen molar-refractivity contribution in [3.63, 3.8) is 0 Å². The molecule has 0 aliphatic carbocycles. The van der Waals surface area contributed by atoms with Crippen molar-refractivity contribution in [2.24, 2.45) is 0 Å². The number of carbonyl (C=O) groups is 1. The van der Waals surface area contributed by atoms with Crippen LogP contribution in [0.2, 0.25) is 0 Å². The van der Waals surface area contributed by atoms with E-state index in [1.54, 1.807) is 12.1 Å². The maximum Gasteiger partial charge on any atom is 0.242 e. The zero-order valence-corrected chi connectivity index (χ0v) is 17.6. The van der Waals surface area contributed by atoms with Crippen LogP contribution in [0, 0.1) is 6.92 Å². The summed E-state index contributed by atoms with van der Waals surface area (Å²) < 4.78 is 28.1. The maximum atomic E-state index is 12.6. The summed E-state index contributed by atoms with van der Waals surface area (Å²) in [5.41, 5.74) is 2.69. The zero-order chi connectivity index (χ0) is 19.5. The summed E-state index contributed by atoms with van der Waals surface area (Å²) in [4.78, 5) is 12.7. The van der Waals surface area contributed by atoms with Gasteiger partial charge in [0.1, 0.15) is 0 Å². The van der Waals surface area contributed by atoms with Crippen molar-refractivity contribution in [3.8, 4) is 0 Å². The Hall–Kier alpha value is -1.70. The van der Waals surface area contributed by atoms with Gasteiger partial charge in [-0.05, 0) is 55.2 Å². The van der Waals surface area contributed by atoms with E-state index in [0.29, 0.717) is 0 Å². The van der Waals surface area contributed by atoms with E-state index in [0.717, 1.165) is 21.3 Å². The fourth-order valence-corrected chi connectivity index (χ4v) is 4.01. The fourth-order valence-electron chi connectivity index (χ4n) is 2.54. The smallest absolute Gasteiger partial charge is 0.242 e. The maximum absolute atomic E-state index is 12.6. The van der Waals surface area contributed by atoms with Gasteiger partial charge in [0.15, 0.2) is 0 Å². The molecule has 2 rings (SSSR count). The molecular formula is C19H23BrN2O3S. The van der Waals surface area contributed by atoms with Crippen LogP contribution in [-0.2, 0) is 14.8 Å². The van der Waals surface area contributed by atoms with Gasteiger partial charge in [0.25, 0.3) is 0 Å². The largest absolute Gasteiger partial charge is 0.324 e. The van der Waals surface area contributed by atoms with Gasteiger partial charge in [0.05, 0.1) is 10.9 Å². The number of carbonyl (C=O) groups excluding carboxylic acids is 1. The van der Waals surface area contributed by atoms with Gasteiger partial charge < -0.3 is 5.32 Å². The molecule has 0 saturated carbocycles. The second kappa shape index (κ2) is 8.33. The molecule has 5 nitrogen and oxygen atoms in total. The van der Waals surface area contributed by atoms with Crippen molar-refractivity contribution in [3.05, 3.63) is 58.1 Å². The molecule has 2 aromatic rings. The summed E-state index contributed by atoms with van der Waals surface area (Å²) in [6, 6.07) is 11.2. The summed E-state index contributed by atoms with van der Waals surface area (Å²) in [6.07, 6.45) is 0. The van der Waals surface area contributed by atoms with Crippen molar-refractivity contribution >= 4 is 37.5 Å². The number of aryl methyl sites for hydroxylation is 1. The van der Waals surface area contributed by atoms with E-state index in [4.69, 9.17) is 0 Å². The number of para-hydroxylation sites is 1. The number of nitrogens with one attached hydrogen (secondary N) is 2. The van der Waals surface area contributed by atoms with Gasteiger partial charge in [-0.3, -0.25) is 4.79 Å². The summed E-state index contributed by atoms with van der Waals surface area (Å²) in [5.74, 6) is -0.165. The molecule has 0 bridgehead atoms. The average Bonchev–Trinajstić information content (AvgIpc) is 2.56. The van der Waals surface area contributed by atoms with Crippen molar-refractivity contribution in [1.82, 2.24) is 4.72 Å². The number of benzene rings is 2. The Bertz CT molecular complexity index is 894. The number of hydrogen-bond donors (Lipinski definition) is 2. The highest BCUT2D eigenvalue weighted by Gasteiger charge is 2.23. The number of hydrogen-bond acceptors (Lipinski definition) is 3. The molecule has 1 atom stereocenters. The second-order valence-electron chi connectivity index (χ2n) is 6.48. The molecule has 2 N–H and O–H groups in total. The summed E-state index contributed by atoms with van der Waals surface area (Å²) >= 11 is 3.27. The van der Waals surface area contributed by atoms with E-state index >= 15 is 0 Å². The highest BCUT2D eigenvalue weighted by Crippen LogP contribution is 2.27. The lowest BCUT2D eigenvalue weighted by Gasteiger charge is -2.19. The molecule has 0 unspecified atom stereocenters. The van der Waals surface area contributed by atoms with Crippen LogP contribution in [0.3, 0.4) is 0 Å². The molecule has 0 radical (unpaired) electrons. The highest BCUT2D eigenvalue weighted by molar-refractivity contribution is 9.10. The Labute approximate surface area is 163 Å². The molecule has 0 fully saturated rings. The molecule has 140 valence electrons. The monoisotopic (exact) mass is 438 g/mol. The number of halogens is 1. The Balaban J connectivity index is 2.17. The van der Waals surface area contributed by atoms with Gasteiger partial charge in [0, 0.05) is 10.2 Å². The first-order valence-corrected chi connectivity index (χ1v) is 10.6. The number of amides is 1. The van der Waals surface area contributed by atoms with Crippen LogP contribution < -0.4 is 10.0 Å². The van der Waals surface area contributed by atoms with Gasteiger partial charge in [-0.15, -0.1) is 0 Å². The predicted molar refractivity (Wildman–Crippen MR) is 108 cm³/mol. The minimum absolute atomic E-state index is 0.110.